The van der Waals surface area contributed by atoms with Crippen molar-refractivity contribution in [3.63, 3.8) is 0 Å². The van der Waals surface area contributed by atoms with E-state index >= 15 is 0 Å². The quantitative estimate of drug-likeness (QED) is 0.390. The number of hydrogen-bond acceptors (Lipinski definition) is 5. The zero-order valence-corrected chi connectivity index (χ0v) is 24.1. The summed E-state index contributed by atoms with van der Waals surface area (Å²) in [4.78, 5) is 28.4. The molecular weight excluding hydrogens is 571 g/mol. The lowest BCUT2D eigenvalue weighted by molar-refractivity contribution is -0.140. The number of halogens is 4. The van der Waals surface area contributed by atoms with Crippen LogP contribution in [0.5, 0.6) is 5.75 Å². The number of carbonyl (C=O) groups excluding carboxylic acids is 2. The van der Waals surface area contributed by atoms with Gasteiger partial charge in [0.2, 0.25) is 21.8 Å². The van der Waals surface area contributed by atoms with Gasteiger partial charge in [0.05, 0.1) is 29.6 Å². The first-order chi connectivity index (χ1) is 18.7. The minimum atomic E-state index is -4.84. The van der Waals surface area contributed by atoms with E-state index in [1.54, 1.807) is 31.2 Å². The third-order valence-electron chi connectivity index (χ3n) is 6.80. The molecule has 2 amide bonds. The van der Waals surface area contributed by atoms with Crippen LogP contribution in [-0.2, 0) is 32.3 Å². The lowest BCUT2D eigenvalue weighted by atomic mass is 10.1. The van der Waals surface area contributed by atoms with Crippen LogP contribution in [0.4, 0.5) is 18.9 Å². The molecular formula is C27H33ClF3N3O5S. The Bertz CT molecular complexity index is 1320. The Morgan fingerprint density at radius 3 is 2.40 bits per heavy atom. The Morgan fingerprint density at radius 1 is 1.15 bits per heavy atom. The molecule has 220 valence electrons. The van der Waals surface area contributed by atoms with E-state index in [4.69, 9.17) is 16.3 Å². The third-order valence-corrected chi connectivity index (χ3v) is 8.27. The Morgan fingerprint density at radius 2 is 1.82 bits per heavy atom. The first-order valence-electron chi connectivity index (χ1n) is 12.8. The van der Waals surface area contributed by atoms with E-state index < -0.39 is 45.3 Å². The number of nitrogens with one attached hydrogen (secondary N) is 1. The molecule has 0 bridgehead atoms. The Labute approximate surface area is 237 Å². The largest absolute Gasteiger partial charge is 0.497 e. The first kappa shape index (κ1) is 31.5. The number of amides is 2. The Kier molecular flexibility index (Phi) is 10.3. The van der Waals surface area contributed by atoms with Crippen molar-refractivity contribution in [2.45, 2.75) is 63.8 Å². The molecule has 2 aromatic rings. The van der Waals surface area contributed by atoms with Gasteiger partial charge >= 0.3 is 6.18 Å². The van der Waals surface area contributed by atoms with Gasteiger partial charge in [-0.1, -0.05) is 43.5 Å². The van der Waals surface area contributed by atoms with Crippen molar-refractivity contribution in [2.75, 3.05) is 24.2 Å². The zero-order valence-electron chi connectivity index (χ0n) is 22.5. The van der Waals surface area contributed by atoms with E-state index in [0.717, 1.165) is 44.1 Å². The van der Waals surface area contributed by atoms with Crippen molar-refractivity contribution in [1.82, 2.24) is 10.2 Å². The third kappa shape index (κ3) is 8.03. The molecule has 1 atom stereocenters. The molecule has 0 saturated heterocycles. The Balaban J connectivity index is 1.99. The van der Waals surface area contributed by atoms with Crippen LogP contribution in [0.2, 0.25) is 5.02 Å². The van der Waals surface area contributed by atoms with Gasteiger partial charge in [0, 0.05) is 12.6 Å². The highest BCUT2D eigenvalue weighted by Gasteiger charge is 2.36. The first-order valence-corrected chi connectivity index (χ1v) is 15.0. The molecule has 1 aliphatic carbocycles. The molecule has 3 rings (SSSR count). The average Bonchev–Trinajstić information content (AvgIpc) is 3.39. The second-order valence-corrected chi connectivity index (χ2v) is 12.0. The van der Waals surface area contributed by atoms with Gasteiger partial charge in [-0.05, 0) is 55.2 Å². The smallest absolute Gasteiger partial charge is 0.417 e. The average molecular weight is 604 g/mol. The van der Waals surface area contributed by atoms with Crippen molar-refractivity contribution in [3.05, 3.63) is 58.6 Å². The summed E-state index contributed by atoms with van der Waals surface area (Å²) in [6.45, 7) is 0.849. The van der Waals surface area contributed by atoms with Gasteiger partial charge in [0.15, 0.2) is 0 Å². The van der Waals surface area contributed by atoms with E-state index in [9.17, 15) is 31.2 Å². The lowest BCUT2D eigenvalue weighted by Crippen LogP contribution is -2.53. The maximum Gasteiger partial charge on any atom is 0.417 e. The highest BCUT2D eigenvalue weighted by molar-refractivity contribution is 7.92. The molecule has 0 heterocycles. The van der Waals surface area contributed by atoms with Crippen molar-refractivity contribution in [1.29, 1.82) is 0 Å². The second kappa shape index (κ2) is 13.1. The molecule has 1 saturated carbocycles. The summed E-state index contributed by atoms with van der Waals surface area (Å²) < 4.78 is 71.8. The van der Waals surface area contributed by atoms with Gasteiger partial charge in [-0.15, -0.1) is 0 Å². The standard InChI is InChI=1S/C27H33ClF3N3O5S/c1-4-24(26(36)32-19-9-5-6-10-19)33(16-18-8-7-11-21(14-18)39-2)25(35)17-34(40(3,37)38)20-12-13-23(28)22(15-20)27(29,30)31/h7-8,11-15,19,24H,4-6,9-10,16-17H2,1-3H3,(H,32,36)/t24-/m1/s1. The molecule has 0 spiro atoms. The number of sulfonamides is 1. The summed E-state index contributed by atoms with van der Waals surface area (Å²) in [5.41, 5.74) is -0.989. The highest BCUT2D eigenvalue weighted by Crippen LogP contribution is 2.37. The zero-order chi connectivity index (χ0) is 29.7. The van der Waals surface area contributed by atoms with E-state index in [1.807, 2.05) is 0 Å². The van der Waals surface area contributed by atoms with Crippen molar-refractivity contribution in [3.8, 4) is 5.75 Å². The molecule has 40 heavy (non-hydrogen) atoms. The van der Waals surface area contributed by atoms with Crippen LogP contribution in [0.15, 0.2) is 42.5 Å². The molecule has 0 aliphatic heterocycles. The number of alkyl halides is 3. The lowest BCUT2D eigenvalue weighted by Gasteiger charge is -2.33. The Hall–Kier alpha value is -2.99. The molecule has 1 fully saturated rings. The topological polar surface area (TPSA) is 96.0 Å². The fourth-order valence-corrected chi connectivity index (χ4v) is 5.82. The minimum Gasteiger partial charge on any atom is -0.497 e. The number of nitrogens with zero attached hydrogens (tertiary/aromatic N) is 2. The van der Waals surface area contributed by atoms with Gasteiger partial charge in [-0.25, -0.2) is 8.42 Å². The van der Waals surface area contributed by atoms with Crippen molar-refractivity contribution >= 4 is 39.1 Å². The highest BCUT2D eigenvalue weighted by atomic mass is 35.5. The molecule has 0 unspecified atom stereocenters. The minimum absolute atomic E-state index is 0.0160. The number of hydrogen-bond donors (Lipinski definition) is 1. The van der Waals surface area contributed by atoms with E-state index in [0.29, 0.717) is 21.7 Å². The summed E-state index contributed by atoms with van der Waals surface area (Å²) >= 11 is 5.72. The van der Waals surface area contributed by atoms with Gasteiger partial charge in [0.25, 0.3) is 0 Å². The fourth-order valence-electron chi connectivity index (χ4n) is 4.75. The van der Waals surface area contributed by atoms with Crippen molar-refractivity contribution in [2.24, 2.45) is 0 Å². The molecule has 0 radical (unpaired) electrons. The maximum absolute atomic E-state index is 13.8. The van der Waals surface area contributed by atoms with Crippen LogP contribution in [0, 0.1) is 0 Å². The van der Waals surface area contributed by atoms with Crippen molar-refractivity contribution < 1.29 is 35.9 Å². The van der Waals surface area contributed by atoms with Gasteiger partial charge in [-0.2, -0.15) is 13.2 Å². The van der Waals surface area contributed by atoms with Crippen LogP contribution < -0.4 is 14.4 Å². The normalized spacial score (nSPS) is 15.0. The number of benzene rings is 2. The van der Waals surface area contributed by atoms with Crippen LogP contribution in [0.3, 0.4) is 0 Å². The summed E-state index contributed by atoms with van der Waals surface area (Å²) in [6, 6.07) is 8.50. The number of methoxy groups -OCH3 is 1. The summed E-state index contributed by atoms with van der Waals surface area (Å²) in [5.74, 6) is -0.612. The molecule has 2 aromatic carbocycles. The second-order valence-electron chi connectivity index (χ2n) is 9.72. The molecule has 1 N–H and O–H groups in total. The molecule has 1 aliphatic rings. The van der Waals surface area contributed by atoms with E-state index in [1.165, 1.54) is 12.0 Å². The maximum atomic E-state index is 13.8. The van der Waals surface area contributed by atoms with Gasteiger partial charge in [0.1, 0.15) is 18.3 Å². The summed E-state index contributed by atoms with van der Waals surface area (Å²) in [7, 11) is -2.74. The SMILES string of the molecule is CC[C@H](C(=O)NC1CCCC1)N(Cc1cccc(OC)c1)C(=O)CN(c1ccc(Cl)c(C(F)(F)F)c1)S(C)(=O)=O. The van der Waals surface area contributed by atoms with Crippen LogP contribution in [0.1, 0.15) is 50.2 Å². The summed E-state index contributed by atoms with van der Waals surface area (Å²) in [5, 5.41) is 2.38. The number of rotatable bonds is 11. The van der Waals surface area contributed by atoms with Gasteiger partial charge in [-0.3, -0.25) is 13.9 Å². The molecule has 8 nitrogen and oxygen atoms in total. The molecule has 13 heteroatoms. The van der Waals surface area contributed by atoms with Crippen LogP contribution in [-0.4, -0.2) is 57.1 Å². The summed E-state index contributed by atoms with van der Waals surface area (Å²) in [6.07, 6.45) is -0.204. The van der Waals surface area contributed by atoms with Gasteiger partial charge < -0.3 is 15.0 Å². The number of ether oxygens (including phenoxy) is 1. The number of anilines is 1. The molecule has 0 aromatic heterocycles. The van der Waals surface area contributed by atoms with Crippen LogP contribution in [0.25, 0.3) is 0 Å². The predicted octanol–water partition coefficient (Wildman–Crippen LogP) is 5.00. The predicted molar refractivity (Wildman–Crippen MR) is 147 cm³/mol. The van der Waals surface area contributed by atoms with E-state index in [2.05, 4.69) is 5.32 Å². The van der Waals surface area contributed by atoms with Crippen LogP contribution >= 0.6 is 11.6 Å². The number of carbonyl (C=O) groups is 2. The fraction of sp³-hybridized carbons (Fsp3) is 0.481. The van der Waals surface area contributed by atoms with E-state index in [-0.39, 0.29) is 30.6 Å². The monoisotopic (exact) mass is 603 g/mol.